The molecule has 2 saturated heterocycles. The van der Waals surface area contributed by atoms with Gasteiger partial charge in [-0.1, -0.05) is 61.5 Å². The largest absolute Gasteiger partial charge is 0.508 e. The van der Waals surface area contributed by atoms with Crippen molar-refractivity contribution >= 4 is 17.5 Å². The van der Waals surface area contributed by atoms with Crippen LogP contribution < -0.4 is 16.0 Å². The summed E-state index contributed by atoms with van der Waals surface area (Å²) in [5.41, 5.74) is 7.70. The van der Waals surface area contributed by atoms with Crippen LogP contribution in [0, 0.1) is 34.5 Å². The highest BCUT2D eigenvalue weighted by Gasteiger charge is 2.73. The van der Waals surface area contributed by atoms with Crippen molar-refractivity contribution in [1.29, 1.82) is 0 Å². The molecule has 8 aliphatic rings. The Morgan fingerprint density at radius 2 is 1.77 bits per heavy atom. The maximum Gasteiger partial charge on any atom is 0.340 e. The van der Waals surface area contributed by atoms with Gasteiger partial charge in [-0.05, 0) is 185 Å². The number of fused-ring (bicyclic) bond motifs is 5. The molecule has 5 aliphatic carbocycles. The zero-order valence-corrected chi connectivity index (χ0v) is 35.3. The molecule has 0 amide bonds. The minimum Gasteiger partial charge on any atom is -0.508 e. The second-order valence-electron chi connectivity index (χ2n) is 18.6. The third-order valence-corrected chi connectivity index (χ3v) is 15.8. The quantitative estimate of drug-likeness (QED) is 0.159. The van der Waals surface area contributed by atoms with Gasteiger partial charge in [-0.15, -0.1) is 0 Å². The van der Waals surface area contributed by atoms with Gasteiger partial charge in [0.05, 0.1) is 17.2 Å². The number of benzene rings is 3. The normalized spacial score (nSPS) is 32.2. The minimum absolute atomic E-state index is 0.0259. The first-order valence-electron chi connectivity index (χ1n) is 22.7. The number of phenolic OH excluding ortho intramolecular Hbond substituents is 1. The summed E-state index contributed by atoms with van der Waals surface area (Å²) in [5, 5.41) is 21.9. The van der Waals surface area contributed by atoms with E-state index in [1.54, 1.807) is 6.07 Å². The predicted octanol–water partition coefficient (Wildman–Crippen LogP) is 9.45. The van der Waals surface area contributed by atoms with Crippen molar-refractivity contribution in [3.63, 3.8) is 0 Å². The molecular formula is C52H59N3O5. The first kappa shape index (κ1) is 39.4. The molecule has 6 bridgehead atoms. The van der Waals surface area contributed by atoms with E-state index in [9.17, 15) is 9.90 Å². The van der Waals surface area contributed by atoms with Gasteiger partial charge in [0.1, 0.15) is 17.3 Å². The van der Waals surface area contributed by atoms with Crippen molar-refractivity contribution in [1.82, 2.24) is 16.0 Å². The van der Waals surface area contributed by atoms with Crippen LogP contribution >= 0.6 is 0 Å². The van der Waals surface area contributed by atoms with E-state index in [0.29, 0.717) is 29.8 Å². The summed E-state index contributed by atoms with van der Waals surface area (Å²) < 4.78 is 13.1. The second kappa shape index (κ2) is 15.6. The van der Waals surface area contributed by atoms with Crippen LogP contribution in [0.25, 0.3) is 16.7 Å². The lowest BCUT2D eigenvalue weighted by atomic mass is 9.37. The summed E-state index contributed by atoms with van der Waals surface area (Å²) in [6.45, 7) is 3.21. The molecule has 1 saturated carbocycles. The van der Waals surface area contributed by atoms with Crippen LogP contribution in [0.1, 0.15) is 100 Å². The number of hydrogen-bond acceptors (Lipinski definition) is 8. The van der Waals surface area contributed by atoms with E-state index < -0.39 is 5.41 Å². The molecule has 8 nitrogen and oxygen atoms in total. The molecule has 60 heavy (non-hydrogen) atoms. The molecule has 4 N–H and O–H groups in total. The maximum absolute atomic E-state index is 15.0. The van der Waals surface area contributed by atoms with Gasteiger partial charge in [0.25, 0.3) is 0 Å². The average Bonchev–Trinajstić information content (AvgIpc) is 3.75. The molecule has 3 aromatic rings. The highest BCUT2D eigenvalue weighted by Crippen LogP contribution is 2.77. The lowest BCUT2D eigenvalue weighted by molar-refractivity contribution is -0.136. The van der Waals surface area contributed by atoms with Crippen molar-refractivity contribution in [3.8, 4) is 16.9 Å². The fraction of sp³-hybridized carbons (Fsp3) is 0.462. The van der Waals surface area contributed by atoms with Crippen LogP contribution in [0.4, 0.5) is 0 Å². The highest BCUT2D eigenvalue weighted by atomic mass is 16.5. The molecule has 0 radical (unpaired) electrons. The Labute approximate surface area is 354 Å². The Bertz CT molecular complexity index is 2340. The molecule has 3 heterocycles. The van der Waals surface area contributed by atoms with Crippen LogP contribution in [0.2, 0.25) is 0 Å². The number of rotatable bonds is 9. The smallest absolute Gasteiger partial charge is 0.340 e. The molecule has 8 atom stereocenters. The Hall–Kier alpha value is -4.76. The summed E-state index contributed by atoms with van der Waals surface area (Å²) in [6, 6.07) is 25.0. The molecular weight excluding hydrogens is 747 g/mol. The number of hydrogen-bond donors (Lipinski definition) is 4. The standard InChI is InChI=1S/C52H59N3O5/c1-4-31(26-32-10-6-5-7-11-32)27-43-52-24-19-40-45(47(52)50(58)60-43)39-30-36(56)16-17-37(39)34-13-9-14-35(29-34)41(53-2)20-23-51(40)22-18-38-42(59-49(57)46(38)48(51)52)15-8-12-33-21-25-55-44(28-33)54-3/h5-7,9-11,13-17,27,29-31,33,40-41,44,48,53-56H,4,8,12,18-26,28H2,1-3H3. The summed E-state index contributed by atoms with van der Waals surface area (Å²) in [4.78, 5) is 29.8. The number of esters is 2. The van der Waals surface area contributed by atoms with Gasteiger partial charge in [-0.25, -0.2) is 9.59 Å². The van der Waals surface area contributed by atoms with Crippen molar-refractivity contribution < 1.29 is 24.2 Å². The van der Waals surface area contributed by atoms with Gasteiger partial charge in [0.15, 0.2) is 0 Å². The number of nitrogens with one attached hydrogen (secondary N) is 3. The van der Waals surface area contributed by atoms with Crippen LogP contribution in [0.5, 0.6) is 5.75 Å². The molecule has 3 aromatic carbocycles. The molecule has 2 spiro atoms. The Morgan fingerprint density at radius 1 is 0.900 bits per heavy atom. The monoisotopic (exact) mass is 805 g/mol. The fourth-order valence-electron chi connectivity index (χ4n) is 13.1. The SMILES string of the molecule is CCC(C=C1OC(=O)C2=C3c4cc(O)ccc4-c4cccc(c4)C(NC)CCC45CCC6=C(C(=O)OC6=CCCC6CCNC(NC)C6)C4C12CCC35)Cc1ccccc1. The van der Waals surface area contributed by atoms with Crippen LogP contribution in [0.3, 0.4) is 0 Å². The number of ether oxygens (including phenoxy) is 2. The van der Waals surface area contributed by atoms with Crippen molar-refractivity contribution in [3.05, 3.63) is 130 Å². The van der Waals surface area contributed by atoms with E-state index in [4.69, 9.17) is 9.47 Å². The number of carbonyl (C=O) groups is 2. The summed E-state index contributed by atoms with van der Waals surface area (Å²) in [6.07, 6.45) is 15.5. The number of cyclic esters (lactones) is 2. The number of aromatic hydroxyl groups is 1. The van der Waals surface area contributed by atoms with Gasteiger partial charge in [-0.2, -0.15) is 0 Å². The molecule has 0 aromatic heterocycles. The Balaban J connectivity index is 1.18. The summed E-state index contributed by atoms with van der Waals surface area (Å²) in [7, 11) is 4.06. The number of allylic oxidation sites excluding steroid dienone is 5. The second-order valence-corrected chi connectivity index (χ2v) is 18.6. The minimum atomic E-state index is -0.859. The Morgan fingerprint density at radius 3 is 2.58 bits per heavy atom. The van der Waals surface area contributed by atoms with E-state index in [2.05, 4.69) is 83.6 Å². The van der Waals surface area contributed by atoms with Crippen molar-refractivity contribution in [2.24, 2.45) is 34.5 Å². The topological polar surface area (TPSA) is 109 Å². The number of phenols is 1. The molecule has 8 heteroatoms. The van der Waals surface area contributed by atoms with E-state index in [1.165, 1.54) is 11.1 Å². The average molecular weight is 806 g/mol. The third kappa shape index (κ3) is 6.27. The Kier molecular flexibility index (Phi) is 10.2. The van der Waals surface area contributed by atoms with E-state index in [0.717, 1.165) is 116 Å². The van der Waals surface area contributed by atoms with Crippen LogP contribution in [0.15, 0.2) is 113 Å². The lowest BCUT2D eigenvalue weighted by Gasteiger charge is -2.63. The zero-order valence-electron chi connectivity index (χ0n) is 35.3. The van der Waals surface area contributed by atoms with Gasteiger partial charge in [0, 0.05) is 23.1 Å². The number of piperidine rings is 1. The third-order valence-electron chi connectivity index (χ3n) is 15.8. The molecule has 3 aliphatic heterocycles. The molecule has 11 rings (SSSR count). The maximum atomic E-state index is 15.0. The lowest BCUT2D eigenvalue weighted by Crippen LogP contribution is -2.59. The number of carbonyl (C=O) groups excluding carboxylic acids is 2. The van der Waals surface area contributed by atoms with Crippen LogP contribution in [-0.2, 0) is 25.5 Å². The van der Waals surface area contributed by atoms with E-state index >= 15 is 4.79 Å². The predicted molar refractivity (Wildman–Crippen MR) is 234 cm³/mol. The van der Waals surface area contributed by atoms with E-state index in [-0.39, 0.29) is 46.9 Å². The fourth-order valence-corrected chi connectivity index (χ4v) is 13.1. The van der Waals surface area contributed by atoms with Gasteiger partial charge in [-0.3, -0.25) is 0 Å². The van der Waals surface area contributed by atoms with Gasteiger partial charge in [0.2, 0.25) is 0 Å². The molecule has 3 fully saturated rings. The highest BCUT2D eigenvalue weighted by molar-refractivity contribution is 6.08. The van der Waals surface area contributed by atoms with Crippen LogP contribution in [-0.4, -0.2) is 43.9 Å². The zero-order chi connectivity index (χ0) is 41.2. The first-order chi connectivity index (χ1) is 29.3. The summed E-state index contributed by atoms with van der Waals surface area (Å²) >= 11 is 0. The van der Waals surface area contributed by atoms with Crippen molar-refractivity contribution in [2.75, 3.05) is 20.6 Å². The molecule has 312 valence electrons. The molecule has 8 unspecified atom stereocenters. The van der Waals surface area contributed by atoms with Gasteiger partial charge < -0.3 is 30.5 Å². The van der Waals surface area contributed by atoms with Gasteiger partial charge >= 0.3 is 11.9 Å². The summed E-state index contributed by atoms with van der Waals surface area (Å²) in [5.74, 6) is 1.46. The van der Waals surface area contributed by atoms with Crippen molar-refractivity contribution in [2.45, 2.75) is 96.2 Å². The van der Waals surface area contributed by atoms with E-state index in [1.807, 2.05) is 32.3 Å². The first-order valence-corrected chi connectivity index (χ1v) is 22.7.